The van der Waals surface area contributed by atoms with Crippen LogP contribution < -0.4 is 15.5 Å². The molecule has 220 valence electrons. The second-order valence-electron chi connectivity index (χ2n) is 10.1. The van der Waals surface area contributed by atoms with Gasteiger partial charge in [0, 0.05) is 29.8 Å². The van der Waals surface area contributed by atoms with Crippen molar-refractivity contribution in [2.24, 2.45) is 0 Å². The van der Waals surface area contributed by atoms with E-state index in [4.69, 9.17) is 39.5 Å². The van der Waals surface area contributed by atoms with E-state index in [1.807, 2.05) is 0 Å². The van der Waals surface area contributed by atoms with Crippen molar-refractivity contribution in [2.75, 3.05) is 22.6 Å². The maximum atomic E-state index is 14.0. The minimum atomic E-state index is -0.580. The number of halogens is 3. The van der Waals surface area contributed by atoms with Crippen molar-refractivity contribution < 1.29 is 19.1 Å². The highest BCUT2D eigenvalue weighted by atomic mass is 35.5. The fourth-order valence-electron chi connectivity index (χ4n) is 5.20. The van der Waals surface area contributed by atoms with E-state index in [2.05, 4.69) is 10.6 Å². The summed E-state index contributed by atoms with van der Waals surface area (Å²) in [6, 6.07) is 25.7. The molecule has 1 heterocycles. The number of ether oxygens (including phenoxy) is 1. The average molecular weight is 637 g/mol. The summed E-state index contributed by atoms with van der Waals surface area (Å²) < 4.78 is 5.80. The van der Waals surface area contributed by atoms with Crippen LogP contribution in [-0.4, -0.2) is 31.1 Å². The van der Waals surface area contributed by atoms with Gasteiger partial charge in [-0.15, -0.1) is 0 Å². The molecule has 3 amide bonds. The molecule has 5 rings (SSSR count). The van der Waals surface area contributed by atoms with E-state index < -0.39 is 6.23 Å². The van der Waals surface area contributed by atoms with Crippen LogP contribution >= 0.6 is 34.8 Å². The Kier molecular flexibility index (Phi) is 9.68. The van der Waals surface area contributed by atoms with Crippen molar-refractivity contribution in [3.8, 4) is 0 Å². The quantitative estimate of drug-likeness (QED) is 0.213. The van der Waals surface area contributed by atoms with Gasteiger partial charge in [-0.2, -0.15) is 0 Å². The molecule has 0 aliphatic carbocycles. The van der Waals surface area contributed by atoms with Gasteiger partial charge in [0.25, 0.3) is 11.8 Å². The Labute approximate surface area is 264 Å². The molecule has 1 aliphatic heterocycles. The molecule has 7 nitrogen and oxygen atoms in total. The van der Waals surface area contributed by atoms with E-state index in [0.29, 0.717) is 56.1 Å². The standard InChI is InChI=1S/C33H28Cl3N3O4/c1-43-31-17-12-21(18-30(40)38-28-9-5-4-8-27(28)36)25-19-22(34)13-16-29(25)39(31)33(42)20-10-14-23(15-11-20)37-32(41)24-6-2-3-7-26(24)35/h2-11,13-16,19,21,31H,12,17-18H2,1H3,(H,37,41)(H,38,40). The normalized spacial score (nSPS) is 16.1. The summed E-state index contributed by atoms with van der Waals surface area (Å²) in [5.41, 5.74) is 3.18. The molecule has 10 heteroatoms. The fraction of sp³-hybridized carbons (Fsp3) is 0.182. The van der Waals surface area contributed by atoms with E-state index in [-0.39, 0.29) is 30.1 Å². The lowest BCUT2D eigenvalue weighted by atomic mass is 9.90. The second-order valence-corrected chi connectivity index (χ2v) is 11.3. The molecule has 4 aromatic carbocycles. The first kappa shape index (κ1) is 30.6. The molecule has 0 saturated heterocycles. The molecule has 1 aliphatic rings. The predicted molar refractivity (Wildman–Crippen MR) is 172 cm³/mol. The Morgan fingerprint density at radius 3 is 2.23 bits per heavy atom. The lowest BCUT2D eigenvalue weighted by molar-refractivity contribution is -0.116. The van der Waals surface area contributed by atoms with Gasteiger partial charge >= 0.3 is 0 Å². The molecule has 4 aromatic rings. The van der Waals surface area contributed by atoms with Gasteiger partial charge < -0.3 is 15.4 Å². The summed E-state index contributed by atoms with van der Waals surface area (Å²) in [5.74, 6) is -1.08. The number of nitrogens with zero attached hydrogens (tertiary/aromatic N) is 1. The van der Waals surface area contributed by atoms with Crippen molar-refractivity contribution in [2.45, 2.75) is 31.4 Å². The van der Waals surface area contributed by atoms with E-state index in [1.165, 1.54) is 0 Å². The zero-order valence-electron chi connectivity index (χ0n) is 23.2. The number of para-hydroxylation sites is 1. The Morgan fingerprint density at radius 2 is 1.53 bits per heavy atom. The van der Waals surface area contributed by atoms with Gasteiger partial charge in [0.1, 0.15) is 6.23 Å². The Hall–Kier alpha value is -3.88. The first-order valence-electron chi connectivity index (χ1n) is 13.6. The number of amides is 3. The lowest BCUT2D eigenvalue weighted by Gasteiger charge is -2.30. The summed E-state index contributed by atoms with van der Waals surface area (Å²) in [5, 5.41) is 6.99. The Bertz CT molecular complexity index is 1660. The highest BCUT2D eigenvalue weighted by Crippen LogP contribution is 2.41. The number of hydrogen-bond acceptors (Lipinski definition) is 4. The van der Waals surface area contributed by atoms with Crippen LogP contribution in [-0.2, 0) is 9.53 Å². The first-order valence-corrected chi connectivity index (χ1v) is 14.7. The average Bonchev–Trinajstić information content (AvgIpc) is 3.14. The number of fused-ring (bicyclic) bond motifs is 1. The Morgan fingerprint density at radius 1 is 0.837 bits per heavy atom. The molecule has 43 heavy (non-hydrogen) atoms. The van der Waals surface area contributed by atoms with E-state index in [1.54, 1.807) is 103 Å². The monoisotopic (exact) mass is 635 g/mol. The SMILES string of the molecule is COC1CCC(CC(=O)Nc2ccccc2Cl)c2cc(Cl)ccc2N1C(=O)c1ccc(NC(=O)c2ccccc2Cl)cc1. The third-order valence-corrected chi connectivity index (χ3v) is 8.21. The lowest BCUT2D eigenvalue weighted by Crippen LogP contribution is -2.41. The van der Waals surface area contributed by atoms with Crippen LogP contribution in [0.15, 0.2) is 91.0 Å². The molecule has 2 unspecified atom stereocenters. The minimum Gasteiger partial charge on any atom is -0.361 e. The maximum Gasteiger partial charge on any atom is 0.260 e. The van der Waals surface area contributed by atoms with Gasteiger partial charge in [0.05, 0.1) is 27.0 Å². The molecule has 2 N–H and O–H groups in total. The van der Waals surface area contributed by atoms with Crippen LogP contribution in [0.3, 0.4) is 0 Å². The number of methoxy groups -OCH3 is 1. The van der Waals surface area contributed by atoms with Crippen LogP contribution in [0, 0.1) is 0 Å². The number of carbonyl (C=O) groups is 3. The molecule has 0 saturated carbocycles. The number of anilines is 3. The third-order valence-electron chi connectivity index (χ3n) is 7.32. The smallest absolute Gasteiger partial charge is 0.260 e. The summed E-state index contributed by atoms with van der Waals surface area (Å²) in [7, 11) is 1.55. The van der Waals surface area contributed by atoms with Gasteiger partial charge in [0.15, 0.2) is 0 Å². The minimum absolute atomic E-state index is 0.164. The van der Waals surface area contributed by atoms with Gasteiger partial charge in [0.2, 0.25) is 5.91 Å². The zero-order chi connectivity index (χ0) is 30.5. The van der Waals surface area contributed by atoms with Crippen molar-refractivity contribution in [1.29, 1.82) is 0 Å². The van der Waals surface area contributed by atoms with E-state index in [0.717, 1.165) is 5.56 Å². The van der Waals surface area contributed by atoms with Gasteiger partial charge in [-0.1, -0.05) is 59.1 Å². The number of nitrogens with one attached hydrogen (secondary N) is 2. The maximum absolute atomic E-state index is 14.0. The molecule has 0 bridgehead atoms. The number of rotatable bonds is 7. The van der Waals surface area contributed by atoms with Gasteiger partial charge in [-0.25, -0.2) is 0 Å². The van der Waals surface area contributed by atoms with Crippen LogP contribution in [0.4, 0.5) is 17.1 Å². The van der Waals surface area contributed by atoms with Crippen LogP contribution in [0.1, 0.15) is 51.5 Å². The number of carbonyl (C=O) groups excluding carboxylic acids is 3. The molecular formula is C33H28Cl3N3O4. The van der Waals surface area contributed by atoms with Crippen molar-refractivity contribution in [3.05, 3.63) is 123 Å². The first-order chi connectivity index (χ1) is 20.7. The Balaban J connectivity index is 1.39. The summed E-state index contributed by atoms with van der Waals surface area (Å²) >= 11 is 18.8. The van der Waals surface area contributed by atoms with Crippen molar-refractivity contribution in [1.82, 2.24) is 0 Å². The van der Waals surface area contributed by atoms with Crippen LogP contribution in [0.2, 0.25) is 15.1 Å². The third kappa shape index (κ3) is 7.03. The number of hydrogen-bond donors (Lipinski definition) is 2. The zero-order valence-corrected chi connectivity index (χ0v) is 25.4. The molecule has 0 aromatic heterocycles. The van der Waals surface area contributed by atoms with Crippen molar-refractivity contribution in [3.63, 3.8) is 0 Å². The second kappa shape index (κ2) is 13.6. The van der Waals surface area contributed by atoms with E-state index >= 15 is 0 Å². The topological polar surface area (TPSA) is 87.7 Å². The van der Waals surface area contributed by atoms with Crippen LogP contribution in [0.25, 0.3) is 0 Å². The highest BCUT2D eigenvalue weighted by Gasteiger charge is 2.34. The largest absolute Gasteiger partial charge is 0.361 e. The van der Waals surface area contributed by atoms with Crippen molar-refractivity contribution >= 4 is 69.6 Å². The summed E-state index contributed by atoms with van der Waals surface area (Å²) in [6.07, 6.45) is 0.656. The molecular weight excluding hydrogens is 609 g/mol. The molecule has 2 atom stereocenters. The van der Waals surface area contributed by atoms with Crippen LogP contribution in [0.5, 0.6) is 0 Å². The highest BCUT2D eigenvalue weighted by molar-refractivity contribution is 6.34. The summed E-state index contributed by atoms with van der Waals surface area (Å²) in [4.78, 5) is 41.4. The predicted octanol–water partition coefficient (Wildman–Crippen LogP) is 8.42. The van der Waals surface area contributed by atoms with Gasteiger partial charge in [-0.3, -0.25) is 19.3 Å². The molecule has 0 radical (unpaired) electrons. The van der Waals surface area contributed by atoms with Gasteiger partial charge in [-0.05, 0) is 91.1 Å². The molecule has 0 fully saturated rings. The van der Waals surface area contributed by atoms with E-state index in [9.17, 15) is 14.4 Å². The fourth-order valence-corrected chi connectivity index (χ4v) is 5.78. The molecule has 0 spiro atoms. The summed E-state index contributed by atoms with van der Waals surface area (Å²) in [6.45, 7) is 0. The number of benzene rings is 4.